The van der Waals surface area contributed by atoms with Gasteiger partial charge in [-0.15, -0.1) is 11.3 Å². The van der Waals surface area contributed by atoms with Crippen LogP contribution in [0.3, 0.4) is 0 Å². The first-order valence-corrected chi connectivity index (χ1v) is 7.58. The van der Waals surface area contributed by atoms with Gasteiger partial charge in [-0.3, -0.25) is 0 Å². The van der Waals surface area contributed by atoms with Gasteiger partial charge in [0.25, 0.3) is 0 Å². The Morgan fingerprint density at radius 2 is 2.53 bits per heavy atom. The van der Waals surface area contributed by atoms with E-state index in [4.69, 9.17) is 10.5 Å². The molecule has 3 rings (SSSR count). The molecule has 1 aliphatic heterocycles. The number of aromatic nitrogens is 2. The van der Waals surface area contributed by atoms with Crippen LogP contribution >= 0.6 is 11.3 Å². The SMILES string of the molecule is NC(c1cncn1CCc1cccs1)C1CCOC1. The average molecular weight is 277 g/mol. The van der Waals surface area contributed by atoms with Crippen LogP contribution in [0.5, 0.6) is 0 Å². The summed E-state index contributed by atoms with van der Waals surface area (Å²) in [5.41, 5.74) is 7.49. The molecule has 0 bridgehead atoms. The standard InChI is InChI=1S/C14H19N3OS/c15-14(11-4-6-18-9-11)13-8-16-10-17(13)5-3-12-2-1-7-19-12/h1-2,7-8,10-11,14H,3-6,9,15H2. The van der Waals surface area contributed by atoms with E-state index in [9.17, 15) is 0 Å². The van der Waals surface area contributed by atoms with Crippen molar-refractivity contribution in [2.75, 3.05) is 13.2 Å². The Morgan fingerprint density at radius 1 is 1.58 bits per heavy atom. The molecule has 102 valence electrons. The molecule has 5 heteroatoms. The van der Waals surface area contributed by atoms with Crippen molar-refractivity contribution in [1.29, 1.82) is 0 Å². The molecule has 0 saturated carbocycles. The molecule has 0 spiro atoms. The largest absolute Gasteiger partial charge is 0.381 e. The van der Waals surface area contributed by atoms with Gasteiger partial charge in [0.2, 0.25) is 0 Å². The van der Waals surface area contributed by atoms with Gasteiger partial charge < -0.3 is 15.0 Å². The predicted molar refractivity (Wildman–Crippen MR) is 76.1 cm³/mol. The second-order valence-corrected chi connectivity index (χ2v) is 6.02. The monoisotopic (exact) mass is 277 g/mol. The Hall–Kier alpha value is -1.17. The number of thiophene rings is 1. The Morgan fingerprint density at radius 3 is 3.26 bits per heavy atom. The van der Waals surface area contributed by atoms with Crippen molar-refractivity contribution in [3.05, 3.63) is 40.6 Å². The number of aryl methyl sites for hydroxylation is 2. The molecule has 2 unspecified atom stereocenters. The van der Waals surface area contributed by atoms with Gasteiger partial charge in [-0.25, -0.2) is 4.98 Å². The van der Waals surface area contributed by atoms with Crippen LogP contribution in [0.15, 0.2) is 30.0 Å². The molecule has 2 aromatic rings. The molecular formula is C14H19N3OS. The van der Waals surface area contributed by atoms with Crippen LogP contribution in [0.1, 0.15) is 23.0 Å². The van der Waals surface area contributed by atoms with Crippen molar-refractivity contribution in [3.8, 4) is 0 Å². The zero-order valence-corrected chi connectivity index (χ0v) is 11.7. The van der Waals surface area contributed by atoms with E-state index in [1.54, 1.807) is 11.3 Å². The summed E-state index contributed by atoms with van der Waals surface area (Å²) in [6, 6.07) is 4.30. The van der Waals surface area contributed by atoms with Gasteiger partial charge >= 0.3 is 0 Å². The van der Waals surface area contributed by atoms with Crippen molar-refractivity contribution < 1.29 is 4.74 Å². The van der Waals surface area contributed by atoms with Gasteiger partial charge in [0.1, 0.15) is 0 Å². The first-order chi connectivity index (χ1) is 9.34. The van der Waals surface area contributed by atoms with Gasteiger partial charge in [0, 0.05) is 30.1 Å². The Labute approximate surface area is 117 Å². The molecule has 1 aliphatic rings. The Kier molecular flexibility index (Phi) is 3.96. The molecule has 0 aromatic carbocycles. The molecule has 3 heterocycles. The second-order valence-electron chi connectivity index (χ2n) is 4.99. The number of rotatable bonds is 5. The average Bonchev–Trinajstić information content (AvgIpc) is 3.16. The lowest BCUT2D eigenvalue weighted by Crippen LogP contribution is -2.24. The molecular weight excluding hydrogens is 258 g/mol. The fourth-order valence-electron chi connectivity index (χ4n) is 2.56. The molecule has 4 nitrogen and oxygen atoms in total. The first-order valence-electron chi connectivity index (χ1n) is 6.70. The van der Waals surface area contributed by atoms with E-state index in [-0.39, 0.29) is 6.04 Å². The molecule has 2 N–H and O–H groups in total. The summed E-state index contributed by atoms with van der Waals surface area (Å²) in [4.78, 5) is 5.66. The maximum absolute atomic E-state index is 6.36. The highest BCUT2D eigenvalue weighted by Gasteiger charge is 2.26. The second kappa shape index (κ2) is 5.86. The van der Waals surface area contributed by atoms with E-state index in [2.05, 4.69) is 27.1 Å². The molecule has 2 aromatic heterocycles. The van der Waals surface area contributed by atoms with Gasteiger partial charge in [0.05, 0.1) is 24.7 Å². The summed E-state index contributed by atoms with van der Waals surface area (Å²) in [5.74, 6) is 0.428. The topological polar surface area (TPSA) is 53.1 Å². The molecule has 0 aliphatic carbocycles. The van der Waals surface area contributed by atoms with E-state index >= 15 is 0 Å². The zero-order chi connectivity index (χ0) is 13.1. The van der Waals surface area contributed by atoms with Crippen molar-refractivity contribution >= 4 is 11.3 Å². The van der Waals surface area contributed by atoms with E-state index in [1.807, 2.05) is 12.5 Å². The maximum atomic E-state index is 6.36. The van der Waals surface area contributed by atoms with Crippen molar-refractivity contribution in [1.82, 2.24) is 9.55 Å². The number of nitrogens with two attached hydrogens (primary N) is 1. The summed E-state index contributed by atoms with van der Waals surface area (Å²) in [5, 5.41) is 2.12. The molecule has 1 fully saturated rings. The summed E-state index contributed by atoms with van der Waals surface area (Å²) in [6.45, 7) is 2.55. The summed E-state index contributed by atoms with van der Waals surface area (Å²) < 4.78 is 7.61. The lowest BCUT2D eigenvalue weighted by Gasteiger charge is -2.19. The molecule has 0 amide bonds. The van der Waals surface area contributed by atoms with Crippen LogP contribution in [0.25, 0.3) is 0 Å². The lowest BCUT2D eigenvalue weighted by atomic mass is 9.97. The van der Waals surface area contributed by atoms with Crippen LogP contribution in [-0.2, 0) is 17.7 Å². The number of hydrogen-bond donors (Lipinski definition) is 1. The molecule has 0 radical (unpaired) electrons. The van der Waals surface area contributed by atoms with Gasteiger partial charge in [0.15, 0.2) is 0 Å². The minimum absolute atomic E-state index is 0.0355. The number of imidazole rings is 1. The maximum Gasteiger partial charge on any atom is 0.0948 e. The number of nitrogens with zero attached hydrogens (tertiary/aromatic N) is 2. The molecule has 2 atom stereocenters. The van der Waals surface area contributed by atoms with Crippen LogP contribution in [0.4, 0.5) is 0 Å². The summed E-state index contributed by atoms with van der Waals surface area (Å²) in [7, 11) is 0. The summed E-state index contributed by atoms with van der Waals surface area (Å²) >= 11 is 1.80. The third kappa shape index (κ3) is 2.88. The molecule has 1 saturated heterocycles. The van der Waals surface area contributed by atoms with E-state index in [0.717, 1.165) is 38.3 Å². The fourth-order valence-corrected chi connectivity index (χ4v) is 3.26. The van der Waals surface area contributed by atoms with Crippen LogP contribution in [0, 0.1) is 5.92 Å². The highest BCUT2D eigenvalue weighted by Crippen LogP contribution is 2.26. The minimum Gasteiger partial charge on any atom is -0.381 e. The minimum atomic E-state index is 0.0355. The third-order valence-electron chi connectivity index (χ3n) is 3.74. The Bertz CT molecular complexity index is 503. The predicted octanol–water partition coefficient (Wildman–Crippen LogP) is 2.22. The van der Waals surface area contributed by atoms with Crippen LogP contribution < -0.4 is 5.73 Å². The lowest BCUT2D eigenvalue weighted by molar-refractivity contribution is 0.180. The zero-order valence-electron chi connectivity index (χ0n) is 10.9. The van der Waals surface area contributed by atoms with Gasteiger partial charge in [-0.1, -0.05) is 6.07 Å². The van der Waals surface area contributed by atoms with Crippen LogP contribution in [-0.4, -0.2) is 22.8 Å². The van der Waals surface area contributed by atoms with Crippen molar-refractivity contribution in [2.45, 2.75) is 25.4 Å². The van der Waals surface area contributed by atoms with Gasteiger partial charge in [-0.2, -0.15) is 0 Å². The van der Waals surface area contributed by atoms with Crippen molar-refractivity contribution in [2.24, 2.45) is 11.7 Å². The van der Waals surface area contributed by atoms with E-state index in [1.165, 1.54) is 4.88 Å². The van der Waals surface area contributed by atoms with Gasteiger partial charge in [-0.05, 0) is 24.3 Å². The summed E-state index contributed by atoms with van der Waals surface area (Å²) in [6.07, 6.45) is 5.88. The highest BCUT2D eigenvalue weighted by atomic mass is 32.1. The highest BCUT2D eigenvalue weighted by molar-refractivity contribution is 7.09. The normalized spacial score (nSPS) is 20.8. The number of hydrogen-bond acceptors (Lipinski definition) is 4. The Balaban J connectivity index is 1.67. The quantitative estimate of drug-likeness (QED) is 0.911. The fraction of sp³-hybridized carbons (Fsp3) is 0.500. The van der Waals surface area contributed by atoms with Crippen LogP contribution in [0.2, 0.25) is 0 Å². The van der Waals surface area contributed by atoms with E-state index < -0.39 is 0 Å². The first kappa shape index (κ1) is 12.8. The number of ether oxygens (including phenoxy) is 1. The van der Waals surface area contributed by atoms with Crippen molar-refractivity contribution in [3.63, 3.8) is 0 Å². The van der Waals surface area contributed by atoms with E-state index in [0.29, 0.717) is 5.92 Å². The third-order valence-corrected chi connectivity index (χ3v) is 4.67. The molecule has 19 heavy (non-hydrogen) atoms. The smallest absolute Gasteiger partial charge is 0.0948 e.